The predicted molar refractivity (Wildman–Crippen MR) is 111 cm³/mol. The highest BCUT2D eigenvalue weighted by Gasteiger charge is 2.31. The van der Waals surface area contributed by atoms with Gasteiger partial charge in [-0.3, -0.25) is 4.79 Å². The molecule has 0 amide bonds. The lowest BCUT2D eigenvalue weighted by atomic mass is 9.86. The fourth-order valence-electron chi connectivity index (χ4n) is 2.36. The van der Waals surface area contributed by atoms with Crippen LogP contribution in [-0.2, 0) is 0 Å². The van der Waals surface area contributed by atoms with Gasteiger partial charge in [-0.2, -0.15) is 0 Å². The van der Waals surface area contributed by atoms with E-state index in [1.807, 2.05) is 83.1 Å². The molecule has 0 spiro atoms. The van der Waals surface area contributed by atoms with E-state index in [1.54, 1.807) is 12.1 Å². The van der Waals surface area contributed by atoms with Crippen LogP contribution in [0.15, 0.2) is 12.1 Å². The maximum Gasteiger partial charge on any atom is 0.172 e. The first-order valence-corrected chi connectivity index (χ1v) is 9.58. The summed E-state index contributed by atoms with van der Waals surface area (Å²) in [7, 11) is 0. The summed E-state index contributed by atoms with van der Waals surface area (Å²) in [6.07, 6.45) is 0. The zero-order chi connectivity index (χ0) is 21.4. The molecule has 0 radical (unpaired) electrons. The molecule has 1 rings (SSSR count). The van der Waals surface area contributed by atoms with Gasteiger partial charge < -0.3 is 14.2 Å². The Labute approximate surface area is 165 Å². The van der Waals surface area contributed by atoms with Crippen LogP contribution in [-0.4, -0.2) is 22.6 Å². The monoisotopic (exact) mass is 378 g/mol. The topological polar surface area (TPSA) is 44.8 Å². The Morgan fingerprint density at radius 2 is 0.926 bits per heavy atom. The first-order valence-electron chi connectivity index (χ1n) is 9.58. The smallest absolute Gasteiger partial charge is 0.172 e. The average molecular weight is 379 g/mol. The van der Waals surface area contributed by atoms with Crippen molar-refractivity contribution < 1.29 is 19.0 Å². The number of ketones is 1. The van der Waals surface area contributed by atoms with Crippen LogP contribution in [0.25, 0.3) is 0 Å². The quantitative estimate of drug-likeness (QED) is 0.565. The van der Waals surface area contributed by atoms with Crippen molar-refractivity contribution in [3.8, 4) is 17.2 Å². The molecule has 4 heteroatoms. The van der Waals surface area contributed by atoms with Gasteiger partial charge >= 0.3 is 0 Å². The second-order valence-electron chi connectivity index (χ2n) is 11.0. The van der Waals surface area contributed by atoms with E-state index >= 15 is 0 Å². The van der Waals surface area contributed by atoms with Gasteiger partial charge in [-0.15, -0.1) is 0 Å². The van der Waals surface area contributed by atoms with Crippen molar-refractivity contribution in [3.05, 3.63) is 17.7 Å². The van der Waals surface area contributed by atoms with Crippen LogP contribution in [0, 0.1) is 5.41 Å². The minimum Gasteiger partial charge on any atom is -0.487 e. The Morgan fingerprint density at radius 1 is 0.593 bits per heavy atom. The largest absolute Gasteiger partial charge is 0.487 e. The third kappa shape index (κ3) is 7.82. The van der Waals surface area contributed by atoms with E-state index in [9.17, 15) is 4.79 Å². The summed E-state index contributed by atoms with van der Waals surface area (Å²) in [5.74, 6) is 1.64. The molecule has 27 heavy (non-hydrogen) atoms. The third-order valence-corrected chi connectivity index (χ3v) is 3.22. The maximum atomic E-state index is 13.1. The molecule has 0 saturated carbocycles. The molecule has 154 valence electrons. The van der Waals surface area contributed by atoms with E-state index in [0.717, 1.165) is 0 Å². The summed E-state index contributed by atoms with van der Waals surface area (Å²) in [5, 5.41) is 0. The first kappa shape index (κ1) is 23.3. The molecule has 0 unspecified atom stereocenters. The zero-order valence-corrected chi connectivity index (χ0v) is 19.3. The molecule has 0 aromatic heterocycles. The molecular weight excluding hydrogens is 340 g/mol. The molecule has 0 saturated heterocycles. The van der Waals surface area contributed by atoms with E-state index in [2.05, 4.69) is 0 Å². The van der Waals surface area contributed by atoms with Crippen molar-refractivity contribution in [1.29, 1.82) is 0 Å². The molecule has 0 aliphatic heterocycles. The maximum absolute atomic E-state index is 13.1. The van der Waals surface area contributed by atoms with E-state index in [0.29, 0.717) is 22.8 Å². The third-order valence-electron chi connectivity index (χ3n) is 3.22. The molecule has 0 fully saturated rings. The molecule has 4 nitrogen and oxygen atoms in total. The number of rotatable bonds is 4. The van der Waals surface area contributed by atoms with Gasteiger partial charge in [0.25, 0.3) is 0 Å². The van der Waals surface area contributed by atoms with Crippen molar-refractivity contribution >= 4 is 5.78 Å². The fraction of sp³-hybridized carbons (Fsp3) is 0.696. The molecule has 0 aliphatic rings. The summed E-state index contributed by atoms with van der Waals surface area (Å²) in [4.78, 5) is 13.1. The Morgan fingerprint density at radius 3 is 1.26 bits per heavy atom. The Hall–Kier alpha value is -1.71. The second kappa shape index (κ2) is 7.37. The standard InChI is InChI=1S/C23H38O4/c1-20(2,3)19(24)15-13-17(26-22(7,8)9)18(27-23(10,11)12)14-16(15)25-21(4,5)6/h13-14H,1-12H3. The highest BCUT2D eigenvalue weighted by Crippen LogP contribution is 2.41. The molecule has 0 N–H and O–H groups in total. The summed E-state index contributed by atoms with van der Waals surface area (Å²) < 4.78 is 18.4. The van der Waals surface area contributed by atoms with Crippen LogP contribution in [0.4, 0.5) is 0 Å². The van der Waals surface area contributed by atoms with Gasteiger partial charge in [0.15, 0.2) is 17.3 Å². The zero-order valence-electron chi connectivity index (χ0n) is 19.3. The SMILES string of the molecule is CC(C)(C)Oc1cc(OC(C)(C)C)c(C(=O)C(C)(C)C)cc1OC(C)(C)C. The van der Waals surface area contributed by atoms with Crippen LogP contribution in [0.5, 0.6) is 17.2 Å². The minimum atomic E-state index is -0.540. The van der Waals surface area contributed by atoms with E-state index in [-0.39, 0.29) is 5.78 Å². The number of Topliss-reactive ketones (excluding diaryl/α,β-unsaturated/α-hetero) is 1. The molecule has 1 aromatic carbocycles. The van der Waals surface area contributed by atoms with Crippen molar-refractivity contribution in [3.63, 3.8) is 0 Å². The molecular formula is C23H38O4. The minimum absolute atomic E-state index is 0.00261. The number of carbonyl (C=O) groups is 1. The van der Waals surface area contributed by atoms with Gasteiger partial charge in [0.2, 0.25) is 0 Å². The molecule has 1 aromatic rings. The molecule has 0 atom stereocenters. The van der Waals surface area contributed by atoms with Gasteiger partial charge in [0.1, 0.15) is 22.6 Å². The van der Waals surface area contributed by atoms with E-state index in [1.165, 1.54) is 0 Å². The van der Waals surface area contributed by atoms with Crippen molar-refractivity contribution in [1.82, 2.24) is 0 Å². The molecule has 0 bridgehead atoms. The van der Waals surface area contributed by atoms with Gasteiger partial charge in [0.05, 0.1) is 5.56 Å². The average Bonchev–Trinajstić information content (AvgIpc) is 2.34. The first-order chi connectivity index (χ1) is 11.8. The lowest BCUT2D eigenvalue weighted by Crippen LogP contribution is -2.29. The van der Waals surface area contributed by atoms with Crippen LogP contribution in [0.3, 0.4) is 0 Å². The Bertz CT molecular complexity index is 675. The number of hydrogen-bond acceptors (Lipinski definition) is 4. The van der Waals surface area contributed by atoms with Crippen molar-refractivity contribution in [2.45, 2.75) is 99.9 Å². The van der Waals surface area contributed by atoms with Gasteiger partial charge in [0, 0.05) is 11.5 Å². The molecule has 0 aliphatic carbocycles. The second-order valence-corrected chi connectivity index (χ2v) is 11.0. The fourth-order valence-corrected chi connectivity index (χ4v) is 2.36. The van der Waals surface area contributed by atoms with Gasteiger partial charge in [-0.25, -0.2) is 0 Å². The van der Waals surface area contributed by atoms with Crippen LogP contribution in [0.2, 0.25) is 0 Å². The summed E-state index contributed by atoms with van der Waals surface area (Å²) >= 11 is 0. The van der Waals surface area contributed by atoms with Crippen LogP contribution in [0.1, 0.15) is 93.4 Å². The lowest BCUT2D eigenvalue weighted by Gasteiger charge is -2.30. The van der Waals surface area contributed by atoms with E-state index < -0.39 is 22.2 Å². The number of benzene rings is 1. The predicted octanol–water partition coefficient (Wildman–Crippen LogP) is 6.45. The number of carbonyl (C=O) groups excluding carboxylic acids is 1. The number of ether oxygens (including phenoxy) is 3. The highest BCUT2D eigenvalue weighted by atomic mass is 16.5. The molecule has 0 heterocycles. The van der Waals surface area contributed by atoms with Gasteiger partial charge in [-0.1, -0.05) is 20.8 Å². The van der Waals surface area contributed by atoms with E-state index in [4.69, 9.17) is 14.2 Å². The van der Waals surface area contributed by atoms with Crippen molar-refractivity contribution in [2.75, 3.05) is 0 Å². The lowest BCUT2D eigenvalue weighted by molar-refractivity contribution is 0.0820. The summed E-state index contributed by atoms with van der Waals surface area (Å²) in [5.41, 5.74) is -1.31. The summed E-state index contributed by atoms with van der Waals surface area (Å²) in [6.45, 7) is 23.4. The number of hydrogen-bond donors (Lipinski definition) is 0. The normalized spacial score (nSPS) is 13.3. The highest BCUT2D eigenvalue weighted by molar-refractivity contribution is 6.02. The van der Waals surface area contributed by atoms with Crippen LogP contribution < -0.4 is 14.2 Å². The van der Waals surface area contributed by atoms with Crippen LogP contribution >= 0.6 is 0 Å². The van der Waals surface area contributed by atoms with Crippen molar-refractivity contribution in [2.24, 2.45) is 5.41 Å². The Kier molecular flexibility index (Phi) is 6.37. The summed E-state index contributed by atoms with van der Waals surface area (Å²) in [6, 6.07) is 3.55. The Balaban J connectivity index is 3.68. The van der Waals surface area contributed by atoms with Gasteiger partial charge in [-0.05, 0) is 68.4 Å².